The van der Waals surface area contributed by atoms with Gasteiger partial charge in [0.05, 0.1) is 4.34 Å². The second-order valence-corrected chi connectivity index (χ2v) is 6.21. The van der Waals surface area contributed by atoms with Gasteiger partial charge in [0.2, 0.25) is 0 Å². The van der Waals surface area contributed by atoms with Crippen LogP contribution in [0.2, 0.25) is 4.34 Å². The Morgan fingerprint density at radius 1 is 1.31 bits per heavy atom. The first kappa shape index (κ1) is 12.1. The summed E-state index contributed by atoms with van der Waals surface area (Å²) in [5, 5.41) is 10.2. The molecule has 0 aliphatic carbocycles. The summed E-state index contributed by atoms with van der Waals surface area (Å²) in [7, 11) is 0. The zero-order valence-corrected chi connectivity index (χ0v) is 11.7. The van der Waals surface area contributed by atoms with E-state index in [9.17, 15) is 5.11 Å². The Morgan fingerprint density at radius 3 is 2.69 bits per heavy atom. The highest BCUT2D eigenvalue weighted by atomic mass is 79.9. The molecule has 0 bridgehead atoms. The van der Waals surface area contributed by atoms with Gasteiger partial charge >= 0.3 is 0 Å². The third kappa shape index (κ3) is 2.48. The van der Waals surface area contributed by atoms with Gasteiger partial charge in [-0.1, -0.05) is 33.6 Å². The predicted octanol–water partition coefficient (Wildman–Crippen LogP) is 4.55. The van der Waals surface area contributed by atoms with Gasteiger partial charge in [-0.25, -0.2) is 0 Å². The standard InChI is InChI=1S/C12H10BrClOS/c1-7-2-3-8(13)6-9(7)12(15)10-4-5-11(14)16-10/h2-6,12,15H,1H3. The van der Waals surface area contributed by atoms with E-state index >= 15 is 0 Å². The van der Waals surface area contributed by atoms with Crippen molar-refractivity contribution >= 4 is 38.9 Å². The molecule has 1 aromatic heterocycles. The zero-order chi connectivity index (χ0) is 11.7. The van der Waals surface area contributed by atoms with Crippen LogP contribution in [0, 0.1) is 6.92 Å². The van der Waals surface area contributed by atoms with Gasteiger partial charge in [-0.05, 0) is 42.3 Å². The van der Waals surface area contributed by atoms with Crippen molar-refractivity contribution < 1.29 is 5.11 Å². The van der Waals surface area contributed by atoms with Crippen molar-refractivity contribution in [1.82, 2.24) is 0 Å². The van der Waals surface area contributed by atoms with Crippen LogP contribution in [0.15, 0.2) is 34.8 Å². The second kappa shape index (κ2) is 4.88. The van der Waals surface area contributed by atoms with Gasteiger partial charge in [0.15, 0.2) is 0 Å². The molecule has 0 fully saturated rings. The largest absolute Gasteiger partial charge is 0.383 e. The van der Waals surface area contributed by atoms with E-state index < -0.39 is 6.10 Å². The molecule has 0 aliphatic rings. The Labute approximate surface area is 112 Å². The summed E-state index contributed by atoms with van der Waals surface area (Å²) < 4.78 is 1.66. The van der Waals surface area contributed by atoms with E-state index in [1.54, 1.807) is 6.07 Å². The molecule has 0 saturated heterocycles. The Bertz CT molecular complexity index is 509. The number of aryl methyl sites for hydroxylation is 1. The monoisotopic (exact) mass is 316 g/mol. The van der Waals surface area contributed by atoms with Crippen molar-refractivity contribution in [3.05, 3.63) is 55.1 Å². The summed E-state index contributed by atoms with van der Waals surface area (Å²) in [4.78, 5) is 0.867. The van der Waals surface area contributed by atoms with Gasteiger partial charge in [-0.15, -0.1) is 11.3 Å². The number of hydrogen-bond donors (Lipinski definition) is 1. The number of hydrogen-bond acceptors (Lipinski definition) is 2. The van der Waals surface area contributed by atoms with Crippen LogP contribution in [0.3, 0.4) is 0 Å². The highest BCUT2D eigenvalue weighted by Crippen LogP contribution is 2.33. The Hall–Kier alpha value is -0.350. The lowest BCUT2D eigenvalue weighted by molar-refractivity contribution is 0.223. The molecular weight excluding hydrogens is 308 g/mol. The minimum atomic E-state index is -0.602. The Balaban J connectivity index is 2.40. The molecule has 0 saturated carbocycles. The number of aliphatic hydroxyl groups is 1. The number of thiophene rings is 1. The summed E-state index contributed by atoms with van der Waals surface area (Å²) >= 11 is 10.7. The van der Waals surface area contributed by atoms with Crippen LogP contribution in [-0.2, 0) is 0 Å². The Kier molecular flexibility index (Phi) is 3.70. The van der Waals surface area contributed by atoms with Crippen molar-refractivity contribution in [1.29, 1.82) is 0 Å². The molecule has 1 aromatic carbocycles. The quantitative estimate of drug-likeness (QED) is 0.861. The molecule has 0 spiro atoms. The minimum absolute atomic E-state index is 0.602. The molecule has 2 rings (SSSR count). The summed E-state index contributed by atoms with van der Waals surface area (Å²) in [5.74, 6) is 0. The van der Waals surface area contributed by atoms with E-state index in [1.807, 2.05) is 31.2 Å². The fourth-order valence-corrected chi connectivity index (χ4v) is 2.98. The zero-order valence-electron chi connectivity index (χ0n) is 8.58. The number of aliphatic hydroxyl groups excluding tert-OH is 1. The summed E-state index contributed by atoms with van der Waals surface area (Å²) in [5.41, 5.74) is 1.98. The van der Waals surface area contributed by atoms with Crippen LogP contribution in [-0.4, -0.2) is 5.11 Å². The highest BCUT2D eigenvalue weighted by molar-refractivity contribution is 9.10. The molecule has 2 aromatic rings. The molecule has 1 atom stereocenters. The maximum absolute atomic E-state index is 10.2. The molecule has 1 unspecified atom stereocenters. The normalized spacial score (nSPS) is 12.8. The van der Waals surface area contributed by atoms with E-state index in [-0.39, 0.29) is 0 Å². The summed E-state index contributed by atoms with van der Waals surface area (Å²) in [6.45, 7) is 1.99. The lowest BCUT2D eigenvalue weighted by atomic mass is 10.0. The molecule has 84 valence electrons. The molecule has 0 radical (unpaired) electrons. The van der Waals surface area contributed by atoms with Gasteiger partial charge in [0.25, 0.3) is 0 Å². The fourth-order valence-electron chi connectivity index (χ4n) is 1.53. The first-order valence-corrected chi connectivity index (χ1v) is 6.76. The lowest BCUT2D eigenvalue weighted by Gasteiger charge is -2.12. The summed E-state index contributed by atoms with van der Waals surface area (Å²) in [6, 6.07) is 9.55. The van der Waals surface area contributed by atoms with Crippen LogP contribution in [0.5, 0.6) is 0 Å². The van der Waals surface area contributed by atoms with E-state index in [4.69, 9.17) is 11.6 Å². The van der Waals surface area contributed by atoms with Gasteiger partial charge in [-0.2, -0.15) is 0 Å². The average molecular weight is 318 g/mol. The molecule has 0 aliphatic heterocycles. The smallest absolute Gasteiger partial charge is 0.114 e. The molecule has 1 nitrogen and oxygen atoms in total. The van der Waals surface area contributed by atoms with Crippen LogP contribution in [0.4, 0.5) is 0 Å². The highest BCUT2D eigenvalue weighted by Gasteiger charge is 2.15. The molecule has 1 heterocycles. The predicted molar refractivity (Wildman–Crippen MR) is 72.3 cm³/mol. The van der Waals surface area contributed by atoms with Gasteiger partial charge < -0.3 is 5.11 Å². The third-order valence-corrected chi connectivity index (χ3v) is 4.18. The van der Waals surface area contributed by atoms with E-state index in [0.29, 0.717) is 4.34 Å². The SMILES string of the molecule is Cc1ccc(Br)cc1C(O)c1ccc(Cl)s1. The fraction of sp³-hybridized carbons (Fsp3) is 0.167. The molecule has 0 amide bonds. The molecular formula is C12H10BrClOS. The van der Waals surface area contributed by atoms with E-state index in [2.05, 4.69) is 15.9 Å². The Morgan fingerprint density at radius 2 is 2.06 bits per heavy atom. The molecule has 4 heteroatoms. The third-order valence-electron chi connectivity index (χ3n) is 2.40. The van der Waals surface area contributed by atoms with Crippen LogP contribution in [0.25, 0.3) is 0 Å². The lowest BCUT2D eigenvalue weighted by Crippen LogP contribution is -1.99. The molecule has 1 N–H and O–H groups in total. The van der Waals surface area contributed by atoms with E-state index in [0.717, 1.165) is 20.5 Å². The maximum atomic E-state index is 10.2. The van der Waals surface area contributed by atoms with Crippen molar-refractivity contribution in [3.63, 3.8) is 0 Å². The van der Waals surface area contributed by atoms with Crippen molar-refractivity contribution in [3.8, 4) is 0 Å². The molecule has 16 heavy (non-hydrogen) atoms. The topological polar surface area (TPSA) is 20.2 Å². The first-order valence-electron chi connectivity index (χ1n) is 4.77. The maximum Gasteiger partial charge on any atom is 0.114 e. The van der Waals surface area contributed by atoms with Crippen molar-refractivity contribution in [2.24, 2.45) is 0 Å². The minimum Gasteiger partial charge on any atom is -0.383 e. The first-order chi connectivity index (χ1) is 7.58. The average Bonchev–Trinajstić information content (AvgIpc) is 2.67. The van der Waals surface area contributed by atoms with Gasteiger partial charge in [0.1, 0.15) is 6.10 Å². The van der Waals surface area contributed by atoms with Gasteiger partial charge in [0, 0.05) is 9.35 Å². The number of rotatable bonds is 2. The van der Waals surface area contributed by atoms with Gasteiger partial charge in [-0.3, -0.25) is 0 Å². The van der Waals surface area contributed by atoms with Crippen LogP contribution >= 0.6 is 38.9 Å². The van der Waals surface area contributed by atoms with Crippen molar-refractivity contribution in [2.45, 2.75) is 13.0 Å². The van der Waals surface area contributed by atoms with Crippen molar-refractivity contribution in [2.75, 3.05) is 0 Å². The number of benzene rings is 1. The summed E-state index contributed by atoms with van der Waals surface area (Å²) in [6.07, 6.45) is -0.602. The van der Waals surface area contributed by atoms with E-state index in [1.165, 1.54) is 11.3 Å². The van der Waals surface area contributed by atoms with Crippen LogP contribution in [0.1, 0.15) is 22.1 Å². The van der Waals surface area contributed by atoms with Crippen LogP contribution < -0.4 is 0 Å². The number of halogens is 2. The second-order valence-electron chi connectivity index (χ2n) is 3.55.